The number of carbonyl (C=O) groups is 2. The zero-order valence-electron chi connectivity index (χ0n) is 12.3. The largest absolute Gasteiger partial charge is 0.461 e. The number of aromatic nitrogens is 2. The first-order valence-electron chi connectivity index (χ1n) is 7.07. The van der Waals surface area contributed by atoms with E-state index < -0.39 is 11.9 Å². The van der Waals surface area contributed by atoms with Crippen LogP contribution in [0.1, 0.15) is 27.8 Å². The van der Waals surface area contributed by atoms with Crippen molar-refractivity contribution in [3.8, 4) is 0 Å². The zero-order chi connectivity index (χ0) is 16.4. The van der Waals surface area contributed by atoms with Crippen LogP contribution >= 0.6 is 11.6 Å². The average Bonchev–Trinajstić information content (AvgIpc) is 2.95. The Morgan fingerprint density at radius 2 is 1.83 bits per heavy atom. The fourth-order valence-corrected chi connectivity index (χ4v) is 2.54. The van der Waals surface area contributed by atoms with Gasteiger partial charge in [0.2, 0.25) is 0 Å². The fourth-order valence-electron chi connectivity index (χ4n) is 2.32. The van der Waals surface area contributed by atoms with Gasteiger partial charge in [0.15, 0.2) is 5.69 Å². The highest BCUT2D eigenvalue weighted by atomic mass is 35.5. The molecule has 116 valence electrons. The van der Waals surface area contributed by atoms with E-state index in [1.54, 1.807) is 55.5 Å². The summed E-state index contributed by atoms with van der Waals surface area (Å²) >= 11 is 6.09. The van der Waals surface area contributed by atoms with Gasteiger partial charge < -0.3 is 4.74 Å². The number of benzene rings is 2. The fraction of sp³-hybridized carbons (Fsp3) is 0.118. The van der Waals surface area contributed by atoms with Gasteiger partial charge in [-0.15, -0.1) is 0 Å². The molecule has 3 rings (SSSR count). The van der Waals surface area contributed by atoms with Crippen LogP contribution in [0.4, 0.5) is 0 Å². The summed E-state index contributed by atoms with van der Waals surface area (Å²) in [4.78, 5) is 24.8. The lowest BCUT2D eigenvalue weighted by atomic mass is 10.2. The van der Waals surface area contributed by atoms with Gasteiger partial charge in [0.1, 0.15) is 0 Å². The summed E-state index contributed by atoms with van der Waals surface area (Å²) in [5.74, 6) is -0.961. The lowest BCUT2D eigenvalue weighted by Crippen LogP contribution is -2.15. The number of fused-ring (bicyclic) bond motifs is 1. The quantitative estimate of drug-likeness (QED) is 0.690. The molecule has 0 saturated heterocycles. The number of para-hydroxylation sites is 1. The van der Waals surface area contributed by atoms with Crippen LogP contribution in [0.15, 0.2) is 48.5 Å². The van der Waals surface area contributed by atoms with Crippen LogP contribution in [0.3, 0.4) is 0 Å². The Kier molecular flexibility index (Phi) is 4.12. The van der Waals surface area contributed by atoms with Crippen molar-refractivity contribution < 1.29 is 14.3 Å². The minimum absolute atomic E-state index is 0.114. The third-order valence-corrected chi connectivity index (χ3v) is 3.68. The van der Waals surface area contributed by atoms with Gasteiger partial charge in [-0.25, -0.2) is 4.79 Å². The molecule has 0 aliphatic carbocycles. The Hall–Kier alpha value is -2.66. The van der Waals surface area contributed by atoms with Crippen LogP contribution in [0.2, 0.25) is 5.02 Å². The zero-order valence-corrected chi connectivity index (χ0v) is 13.1. The second-order valence-corrected chi connectivity index (χ2v) is 5.19. The van der Waals surface area contributed by atoms with Gasteiger partial charge in [-0.3, -0.25) is 4.79 Å². The van der Waals surface area contributed by atoms with E-state index >= 15 is 0 Å². The van der Waals surface area contributed by atoms with E-state index in [0.717, 1.165) is 0 Å². The number of nitrogens with zero attached hydrogens (tertiary/aromatic N) is 2. The molecule has 3 aromatic rings. The van der Waals surface area contributed by atoms with Gasteiger partial charge in [-0.1, -0.05) is 41.9 Å². The van der Waals surface area contributed by atoms with Gasteiger partial charge in [0.05, 0.1) is 22.7 Å². The molecule has 5 nitrogen and oxygen atoms in total. The van der Waals surface area contributed by atoms with Gasteiger partial charge in [-0.2, -0.15) is 9.78 Å². The number of hydrogen-bond acceptors (Lipinski definition) is 4. The summed E-state index contributed by atoms with van der Waals surface area (Å²) in [6.07, 6.45) is 0. The molecule has 1 aromatic heterocycles. The third kappa shape index (κ3) is 2.71. The van der Waals surface area contributed by atoms with Crippen LogP contribution in [-0.2, 0) is 4.74 Å². The number of esters is 1. The second-order valence-electron chi connectivity index (χ2n) is 4.78. The van der Waals surface area contributed by atoms with E-state index in [9.17, 15) is 9.59 Å². The molecule has 0 saturated carbocycles. The molecular formula is C17H13ClN2O3. The summed E-state index contributed by atoms with van der Waals surface area (Å²) < 4.78 is 6.19. The first-order valence-corrected chi connectivity index (χ1v) is 7.45. The summed E-state index contributed by atoms with van der Waals surface area (Å²) in [7, 11) is 0. The smallest absolute Gasteiger partial charge is 0.359 e. The summed E-state index contributed by atoms with van der Waals surface area (Å²) in [6.45, 7) is 1.95. The molecule has 0 aliphatic rings. The van der Waals surface area contributed by atoms with Crippen LogP contribution in [0, 0.1) is 0 Å². The molecule has 0 N–H and O–H groups in total. The Bertz CT molecular complexity index is 902. The first kappa shape index (κ1) is 15.2. The number of ether oxygens (including phenoxy) is 1. The summed E-state index contributed by atoms with van der Waals surface area (Å²) in [5.41, 5.74) is 0.959. The van der Waals surface area contributed by atoms with E-state index in [4.69, 9.17) is 16.3 Å². The first-order chi connectivity index (χ1) is 11.1. The van der Waals surface area contributed by atoms with Crippen molar-refractivity contribution in [3.05, 3.63) is 64.8 Å². The molecule has 0 fully saturated rings. The molecule has 2 aromatic carbocycles. The van der Waals surface area contributed by atoms with E-state index in [1.165, 1.54) is 4.68 Å². The van der Waals surface area contributed by atoms with Gasteiger partial charge in [0.25, 0.3) is 5.91 Å². The van der Waals surface area contributed by atoms with Crippen molar-refractivity contribution in [2.45, 2.75) is 6.92 Å². The maximum absolute atomic E-state index is 12.7. The normalized spacial score (nSPS) is 10.7. The second kappa shape index (κ2) is 6.22. The van der Waals surface area contributed by atoms with Crippen molar-refractivity contribution in [3.63, 3.8) is 0 Å². The highest BCUT2D eigenvalue weighted by Crippen LogP contribution is 2.22. The molecule has 0 spiro atoms. The number of rotatable bonds is 3. The van der Waals surface area contributed by atoms with Crippen LogP contribution in [0.25, 0.3) is 10.9 Å². The maximum Gasteiger partial charge on any atom is 0.359 e. The van der Waals surface area contributed by atoms with E-state index in [1.807, 2.05) is 0 Å². The molecule has 0 radical (unpaired) electrons. The predicted molar refractivity (Wildman–Crippen MR) is 86.9 cm³/mol. The SMILES string of the molecule is CCOC(=O)c1nn(C(=O)c2ccccc2Cl)c2ccccc12. The molecule has 0 bridgehead atoms. The van der Waals surface area contributed by atoms with E-state index in [-0.39, 0.29) is 12.3 Å². The van der Waals surface area contributed by atoms with Crippen LogP contribution < -0.4 is 0 Å². The average molecular weight is 329 g/mol. The Morgan fingerprint density at radius 1 is 1.13 bits per heavy atom. The van der Waals surface area contributed by atoms with E-state index in [2.05, 4.69) is 5.10 Å². The Balaban J connectivity index is 2.17. The van der Waals surface area contributed by atoms with Gasteiger partial charge in [-0.05, 0) is 25.1 Å². The van der Waals surface area contributed by atoms with Crippen molar-refractivity contribution in [2.24, 2.45) is 0 Å². The number of hydrogen-bond donors (Lipinski definition) is 0. The molecular weight excluding hydrogens is 316 g/mol. The molecule has 0 aliphatic heterocycles. The van der Waals surface area contributed by atoms with Crippen LogP contribution in [-0.4, -0.2) is 28.3 Å². The highest BCUT2D eigenvalue weighted by molar-refractivity contribution is 6.34. The lowest BCUT2D eigenvalue weighted by Gasteiger charge is -2.04. The number of halogens is 1. The Labute approximate surface area is 137 Å². The number of carbonyl (C=O) groups excluding carboxylic acids is 2. The standard InChI is InChI=1S/C17H13ClN2O3/c1-2-23-17(22)15-12-8-4-6-10-14(12)20(19-15)16(21)11-7-3-5-9-13(11)18/h3-10H,2H2,1H3. The van der Waals surface area contributed by atoms with Gasteiger partial charge >= 0.3 is 5.97 Å². The van der Waals surface area contributed by atoms with Gasteiger partial charge in [0, 0.05) is 5.39 Å². The van der Waals surface area contributed by atoms with Crippen molar-refractivity contribution >= 4 is 34.4 Å². The minimum Gasteiger partial charge on any atom is -0.461 e. The predicted octanol–water partition coefficient (Wildman–Crippen LogP) is 3.55. The topological polar surface area (TPSA) is 61.2 Å². The molecule has 23 heavy (non-hydrogen) atoms. The molecule has 6 heteroatoms. The monoisotopic (exact) mass is 328 g/mol. The molecule has 0 atom stereocenters. The maximum atomic E-state index is 12.7. The molecule has 1 heterocycles. The van der Waals surface area contributed by atoms with Crippen molar-refractivity contribution in [2.75, 3.05) is 6.61 Å². The highest BCUT2D eigenvalue weighted by Gasteiger charge is 2.22. The minimum atomic E-state index is -0.561. The summed E-state index contributed by atoms with van der Waals surface area (Å²) in [6, 6.07) is 13.7. The molecule has 0 amide bonds. The molecule has 0 unspecified atom stereocenters. The lowest BCUT2D eigenvalue weighted by molar-refractivity contribution is 0.0521. The van der Waals surface area contributed by atoms with Crippen molar-refractivity contribution in [1.29, 1.82) is 0 Å². The Morgan fingerprint density at radius 3 is 2.57 bits per heavy atom. The third-order valence-electron chi connectivity index (χ3n) is 3.35. The van der Waals surface area contributed by atoms with Crippen molar-refractivity contribution in [1.82, 2.24) is 9.78 Å². The summed E-state index contributed by atoms with van der Waals surface area (Å²) in [5, 5.41) is 5.05. The van der Waals surface area contributed by atoms with E-state index in [0.29, 0.717) is 21.5 Å². The van der Waals surface area contributed by atoms with Crippen LogP contribution in [0.5, 0.6) is 0 Å².